The zero-order chi connectivity index (χ0) is 17.7. The summed E-state index contributed by atoms with van der Waals surface area (Å²) in [7, 11) is 0. The molecule has 5 rings (SSSR count). The molecule has 3 aromatic carbocycles. The summed E-state index contributed by atoms with van der Waals surface area (Å²) in [6.07, 6.45) is 2.81. The van der Waals surface area contributed by atoms with Gasteiger partial charge >= 0.3 is 0 Å². The molecule has 2 nitrogen and oxygen atoms in total. The smallest absolute Gasteiger partial charge is 0.140 e. The maximum absolute atomic E-state index is 6.78. The lowest BCUT2D eigenvalue weighted by Gasteiger charge is -2.38. The molecule has 0 radical (unpaired) electrons. The molecule has 2 fully saturated rings. The number of piperazine rings is 1. The van der Waals surface area contributed by atoms with Crippen molar-refractivity contribution in [2.24, 2.45) is 0 Å². The number of hydrogen-bond acceptors (Lipinski definition) is 0. The Bertz CT molecular complexity index is 910. The molecule has 0 spiro atoms. The Balaban J connectivity index is 1.62. The van der Waals surface area contributed by atoms with E-state index in [9.17, 15) is 0 Å². The average molecular weight is 367 g/mol. The number of benzene rings is 3. The SMILES string of the molecule is C[C@H]1[C@@H]2CCC[NH+]2CC[NH+]1Cc1c2ccccc2c(Cl)c2ccccc12. The fourth-order valence-electron chi connectivity index (χ4n) is 5.52. The fourth-order valence-corrected chi connectivity index (χ4v) is 5.85. The van der Waals surface area contributed by atoms with Crippen LogP contribution >= 0.6 is 11.6 Å². The lowest BCUT2D eigenvalue weighted by atomic mass is 9.94. The van der Waals surface area contributed by atoms with Crippen LogP contribution in [0.5, 0.6) is 0 Å². The van der Waals surface area contributed by atoms with Gasteiger partial charge in [-0.2, -0.15) is 0 Å². The van der Waals surface area contributed by atoms with Gasteiger partial charge in [0.2, 0.25) is 0 Å². The predicted octanol–water partition coefficient (Wildman–Crippen LogP) is 2.48. The van der Waals surface area contributed by atoms with E-state index < -0.39 is 0 Å². The van der Waals surface area contributed by atoms with Gasteiger partial charge in [0.1, 0.15) is 31.7 Å². The minimum Gasteiger partial charge on any atom is -0.323 e. The van der Waals surface area contributed by atoms with Crippen LogP contribution in [0.1, 0.15) is 25.3 Å². The second kappa shape index (κ2) is 6.53. The van der Waals surface area contributed by atoms with Gasteiger partial charge in [-0.15, -0.1) is 0 Å². The number of hydrogen-bond donors (Lipinski definition) is 2. The van der Waals surface area contributed by atoms with Crippen molar-refractivity contribution in [2.75, 3.05) is 19.6 Å². The van der Waals surface area contributed by atoms with Gasteiger partial charge in [0.05, 0.1) is 11.6 Å². The molecule has 134 valence electrons. The van der Waals surface area contributed by atoms with E-state index in [0.29, 0.717) is 0 Å². The molecule has 2 aliphatic rings. The highest BCUT2D eigenvalue weighted by Gasteiger charge is 2.43. The summed E-state index contributed by atoms with van der Waals surface area (Å²) >= 11 is 6.78. The van der Waals surface area contributed by atoms with E-state index in [1.807, 2.05) is 4.90 Å². The van der Waals surface area contributed by atoms with Crippen LogP contribution in [0.15, 0.2) is 48.5 Å². The minimum atomic E-state index is 0.731. The van der Waals surface area contributed by atoms with Crippen molar-refractivity contribution in [2.45, 2.75) is 38.4 Å². The monoisotopic (exact) mass is 366 g/mol. The Morgan fingerprint density at radius 2 is 1.50 bits per heavy atom. The Kier molecular flexibility index (Phi) is 4.16. The average Bonchev–Trinajstić information content (AvgIpc) is 3.16. The number of rotatable bonds is 2. The highest BCUT2D eigenvalue weighted by molar-refractivity contribution is 6.41. The van der Waals surface area contributed by atoms with Gasteiger partial charge in [0.15, 0.2) is 0 Å². The molecule has 3 aromatic rings. The van der Waals surface area contributed by atoms with Gasteiger partial charge in [-0.25, -0.2) is 0 Å². The maximum Gasteiger partial charge on any atom is 0.140 e. The van der Waals surface area contributed by atoms with Crippen LogP contribution in [-0.4, -0.2) is 31.7 Å². The van der Waals surface area contributed by atoms with Crippen molar-refractivity contribution < 1.29 is 9.80 Å². The van der Waals surface area contributed by atoms with Gasteiger partial charge in [-0.1, -0.05) is 60.1 Å². The molecule has 2 heterocycles. The van der Waals surface area contributed by atoms with Gasteiger partial charge < -0.3 is 9.80 Å². The largest absolute Gasteiger partial charge is 0.323 e. The van der Waals surface area contributed by atoms with Crippen molar-refractivity contribution in [3.05, 3.63) is 59.1 Å². The quantitative estimate of drug-likeness (QED) is 0.645. The van der Waals surface area contributed by atoms with Crippen LogP contribution in [0, 0.1) is 0 Å². The number of nitrogens with one attached hydrogen (secondary N) is 2. The van der Waals surface area contributed by atoms with Gasteiger partial charge in [-0.05, 0) is 17.7 Å². The molecule has 2 unspecified atom stereocenters. The Morgan fingerprint density at radius 3 is 2.15 bits per heavy atom. The lowest BCUT2D eigenvalue weighted by molar-refractivity contribution is -1.04. The normalized spacial score (nSPS) is 28.5. The first-order valence-corrected chi connectivity index (χ1v) is 10.4. The van der Waals surface area contributed by atoms with E-state index in [1.165, 1.54) is 59.6 Å². The summed E-state index contributed by atoms with van der Waals surface area (Å²) in [4.78, 5) is 3.60. The van der Waals surface area contributed by atoms with Gasteiger partial charge in [0, 0.05) is 29.2 Å². The molecule has 0 aliphatic carbocycles. The maximum atomic E-state index is 6.78. The molecule has 0 amide bonds. The third kappa shape index (κ3) is 2.55. The molecule has 0 bridgehead atoms. The van der Waals surface area contributed by atoms with E-state index >= 15 is 0 Å². The second-order valence-corrected chi connectivity index (χ2v) is 8.54. The summed E-state index contributed by atoms with van der Waals surface area (Å²) in [5.41, 5.74) is 1.48. The number of halogens is 1. The van der Waals surface area contributed by atoms with Crippen LogP contribution < -0.4 is 9.80 Å². The summed E-state index contributed by atoms with van der Waals surface area (Å²) in [5, 5.41) is 5.95. The molecular weight excluding hydrogens is 340 g/mol. The summed E-state index contributed by atoms with van der Waals surface area (Å²) in [5.74, 6) is 0. The van der Waals surface area contributed by atoms with Crippen LogP contribution in [0.3, 0.4) is 0 Å². The molecule has 2 N–H and O–H groups in total. The molecular formula is C23H27ClN2+2. The van der Waals surface area contributed by atoms with Crippen molar-refractivity contribution in [1.82, 2.24) is 0 Å². The topological polar surface area (TPSA) is 8.88 Å². The minimum absolute atomic E-state index is 0.731. The van der Waals surface area contributed by atoms with E-state index in [4.69, 9.17) is 11.6 Å². The van der Waals surface area contributed by atoms with E-state index in [0.717, 1.165) is 23.7 Å². The van der Waals surface area contributed by atoms with E-state index in [-0.39, 0.29) is 0 Å². The summed E-state index contributed by atoms with van der Waals surface area (Å²) in [6, 6.07) is 18.9. The summed E-state index contributed by atoms with van der Waals surface area (Å²) in [6.45, 7) is 7.56. The third-order valence-electron chi connectivity index (χ3n) is 6.93. The molecule has 2 saturated heterocycles. The lowest BCUT2D eigenvalue weighted by Crippen LogP contribution is -3.31. The van der Waals surface area contributed by atoms with E-state index in [1.54, 1.807) is 4.90 Å². The Morgan fingerprint density at radius 1 is 0.885 bits per heavy atom. The molecule has 0 aromatic heterocycles. The van der Waals surface area contributed by atoms with Gasteiger partial charge in [-0.3, -0.25) is 0 Å². The van der Waals surface area contributed by atoms with Crippen LogP contribution in [0.25, 0.3) is 21.5 Å². The Labute approximate surface area is 160 Å². The number of fused-ring (bicyclic) bond motifs is 3. The fraction of sp³-hybridized carbons (Fsp3) is 0.391. The predicted molar refractivity (Wildman–Crippen MR) is 109 cm³/mol. The first kappa shape index (κ1) is 16.6. The zero-order valence-electron chi connectivity index (χ0n) is 15.4. The van der Waals surface area contributed by atoms with Crippen molar-refractivity contribution >= 4 is 33.1 Å². The van der Waals surface area contributed by atoms with Crippen molar-refractivity contribution in [3.8, 4) is 0 Å². The molecule has 0 saturated carbocycles. The molecule has 3 heteroatoms. The van der Waals surface area contributed by atoms with Crippen molar-refractivity contribution in [1.29, 1.82) is 0 Å². The number of quaternary nitrogens is 2. The van der Waals surface area contributed by atoms with Gasteiger partial charge in [0.25, 0.3) is 0 Å². The molecule has 26 heavy (non-hydrogen) atoms. The second-order valence-electron chi connectivity index (χ2n) is 8.16. The highest BCUT2D eigenvalue weighted by atomic mass is 35.5. The first-order chi connectivity index (χ1) is 12.7. The van der Waals surface area contributed by atoms with Crippen LogP contribution in [-0.2, 0) is 6.54 Å². The highest BCUT2D eigenvalue weighted by Crippen LogP contribution is 2.35. The Hall–Kier alpha value is -1.61. The molecule has 2 aliphatic heterocycles. The summed E-state index contributed by atoms with van der Waals surface area (Å²) < 4.78 is 0. The third-order valence-corrected chi connectivity index (χ3v) is 7.34. The molecule has 4 atom stereocenters. The standard InChI is InChI=1S/C23H25ClN2/c1-16-22-11-6-12-25(22)13-14-26(16)15-21-17-7-2-4-9-19(17)23(24)20-10-5-3-8-18(20)21/h2-5,7-10,16,22H,6,11-15H2,1H3/p+2/t16-,22-/m0/s1. The van der Waals surface area contributed by atoms with Crippen LogP contribution in [0.2, 0.25) is 5.02 Å². The van der Waals surface area contributed by atoms with E-state index in [2.05, 4.69) is 55.5 Å². The van der Waals surface area contributed by atoms with Crippen LogP contribution in [0.4, 0.5) is 0 Å². The van der Waals surface area contributed by atoms with Crippen molar-refractivity contribution in [3.63, 3.8) is 0 Å². The first-order valence-electron chi connectivity index (χ1n) is 10.0. The zero-order valence-corrected chi connectivity index (χ0v) is 16.2.